The van der Waals surface area contributed by atoms with Crippen molar-refractivity contribution in [1.29, 1.82) is 0 Å². The molecule has 1 heterocycles. The summed E-state index contributed by atoms with van der Waals surface area (Å²) in [4.78, 5) is 29.2. The number of aliphatic hydroxyl groups excluding tert-OH is 1. The first-order valence-electron chi connectivity index (χ1n) is 11.7. The Morgan fingerprint density at radius 3 is 2.65 bits per heavy atom. The third-order valence-corrected chi connectivity index (χ3v) is 6.34. The summed E-state index contributed by atoms with van der Waals surface area (Å²) in [5.74, 6) is -0.0821. The zero-order valence-electron chi connectivity index (χ0n) is 19.9. The van der Waals surface area contributed by atoms with Crippen molar-refractivity contribution in [2.75, 3.05) is 38.6 Å². The minimum atomic E-state index is -4.42. The molecule has 34 heavy (non-hydrogen) atoms. The molecular weight excluding hydrogens is 451 g/mol. The van der Waals surface area contributed by atoms with E-state index in [1.807, 2.05) is 14.0 Å². The van der Waals surface area contributed by atoms with Gasteiger partial charge in [0.15, 0.2) is 0 Å². The van der Waals surface area contributed by atoms with Gasteiger partial charge in [-0.3, -0.25) is 9.59 Å². The van der Waals surface area contributed by atoms with Crippen LogP contribution in [0.15, 0.2) is 18.2 Å². The number of aliphatic hydroxyl groups is 1. The molecule has 3 rings (SSSR count). The summed E-state index contributed by atoms with van der Waals surface area (Å²) in [5.41, 5.74) is 0.422. The van der Waals surface area contributed by atoms with Crippen LogP contribution in [0.1, 0.15) is 49.9 Å². The molecule has 1 aliphatic heterocycles. The van der Waals surface area contributed by atoms with Crippen molar-refractivity contribution >= 4 is 17.5 Å². The molecule has 1 saturated carbocycles. The number of nitrogens with zero attached hydrogens (tertiary/aromatic N) is 2. The molecule has 0 bridgehead atoms. The Labute approximate surface area is 198 Å². The topological polar surface area (TPSA) is 82.1 Å². The van der Waals surface area contributed by atoms with E-state index >= 15 is 0 Å². The van der Waals surface area contributed by atoms with Crippen LogP contribution < -0.4 is 10.1 Å². The van der Waals surface area contributed by atoms with Crippen LogP contribution in [-0.2, 0) is 4.79 Å². The fourth-order valence-corrected chi connectivity index (χ4v) is 4.12. The maximum atomic E-state index is 13.4. The summed E-state index contributed by atoms with van der Waals surface area (Å²) in [7, 11) is 2.05. The zero-order valence-corrected chi connectivity index (χ0v) is 19.9. The van der Waals surface area contributed by atoms with Gasteiger partial charge in [0, 0.05) is 37.7 Å². The Kier molecular flexibility index (Phi) is 8.46. The molecule has 0 spiro atoms. The van der Waals surface area contributed by atoms with E-state index in [0.29, 0.717) is 18.8 Å². The molecule has 7 nitrogen and oxygen atoms in total. The highest BCUT2D eigenvalue weighted by Gasteiger charge is 2.34. The number of hydrogen-bond acceptors (Lipinski definition) is 5. The fourth-order valence-electron chi connectivity index (χ4n) is 4.12. The highest BCUT2D eigenvalue weighted by molar-refractivity contribution is 5.99. The van der Waals surface area contributed by atoms with Crippen LogP contribution >= 0.6 is 0 Å². The smallest absolute Gasteiger partial charge is 0.389 e. The first-order valence-corrected chi connectivity index (χ1v) is 11.7. The zero-order chi connectivity index (χ0) is 25.0. The summed E-state index contributed by atoms with van der Waals surface area (Å²) in [6.45, 7) is 5.59. The maximum absolute atomic E-state index is 13.4. The van der Waals surface area contributed by atoms with Gasteiger partial charge in [-0.15, -0.1) is 0 Å². The van der Waals surface area contributed by atoms with Gasteiger partial charge in [0.25, 0.3) is 5.91 Å². The van der Waals surface area contributed by atoms with E-state index in [2.05, 4.69) is 10.2 Å². The van der Waals surface area contributed by atoms with Gasteiger partial charge in [-0.1, -0.05) is 6.92 Å². The fraction of sp³-hybridized carbons (Fsp3) is 0.667. The van der Waals surface area contributed by atoms with E-state index < -0.39 is 31.0 Å². The van der Waals surface area contributed by atoms with Gasteiger partial charge in [-0.05, 0) is 50.9 Å². The second-order valence-electron chi connectivity index (χ2n) is 9.66. The maximum Gasteiger partial charge on any atom is 0.389 e. The Balaban J connectivity index is 1.83. The number of carbonyl (C=O) groups excluding carboxylic acids is 2. The Hall–Kier alpha value is -2.33. The largest absolute Gasteiger partial charge is 0.488 e. The summed E-state index contributed by atoms with van der Waals surface area (Å²) in [5, 5.41) is 12.2. The van der Waals surface area contributed by atoms with Crippen LogP contribution in [-0.4, -0.2) is 78.3 Å². The van der Waals surface area contributed by atoms with Gasteiger partial charge in [0.05, 0.1) is 24.6 Å². The summed E-state index contributed by atoms with van der Waals surface area (Å²) < 4.78 is 43.6. The lowest BCUT2D eigenvalue weighted by Crippen LogP contribution is -2.50. The van der Waals surface area contributed by atoms with Gasteiger partial charge < -0.3 is 25.0 Å². The van der Waals surface area contributed by atoms with Crippen LogP contribution in [0, 0.1) is 11.8 Å². The lowest BCUT2D eigenvalue weighted by molar-refractivity contribution is -0.142. The number of carbonyl (C=O) groups is 2. The molecule has 0 radical (unpaired) electrons. The van der Waals surface area contributed by atoms with Crippen molar-refractivity contribution in [3.63, 3.8) is 0 Å². The summed E-state index contributed by atoms with van der Waals surface area (Å²) in [6.07, 6.45) is -4.08. The van der Waals surface area contributed by atoms with E-state index in [9.17, 15) is 27.9 Å². The minimum absolute atomic E-state index is 0.00509. The molecule has 0 aromatic heterocycles. The highest BCUT2D eigenvalue weighted by Crippen LogP contribution is 2.32. The standard InChI is InChI=1S/C24H34F3N3O4/c1-15-11-30(16(2)14-31)23(33)19-10-18(28-22(32)8-9-24(25,26)27)6-7-20(19)34-21(15)13-29(3)12-17-4-5-17/h6-7,10,15-17,21,31H,4-5,8-9,11-14H2,1-3H3,(H,28,32)/t15-,16-,21+/m0/s1. The lowest BCUT2D eigenvalue weighted by Gasteiger charge is -2.38. The second-order valence-corrected chi connectivity index (χ2v) is 9.66. The molecular formula is C24H34F3N3O4. The third kappa shape index (κ3) is 7.33. The first kappa shape index (κ1) is 26.3. The molecule has 1 aromatic rings. The summed E-state index contributed by atoms with van der Waals surface area (Å²) in [6, 6.07) is 4.09. The van der Waals surface area contributed by atoms with Gasteiger partial charge in [-0.2, -0.15) is 13.2 Å². The van der Waals surface area contributed by atoms with E-state index in [-0.39, 0.29) is 35.8 Å². The van der Waals surface area contributed by atoms with Crippen LogP contribution in [0.3, 0.4) is 0 Å². The number of hydrogen-bond donors (Lipinski definition) is 2. The predicted octanol–water partition coefficient (Wildman–Crippen LogP) is 3.53. The van der Waals surface area contributed by atoms with Crippen LogP contribution in [0.2, 0.25) is 0 Å². The molecule has 1 fully saturated rings. The molecule has 10 heteroatoms. The molecule has 190 valence electrons. The van der Waals surface area contributed by atoms with Crippen LogP contribution in [0.5, 0.6) is 5.75 Å². The van der Waals surface area contributed by atoms with Crippen molar-refractivity contribution in [3.05, 3.63) is 23.8 Å². The average Bonchev–Trinajstić information content (AvgIpc) is 3.58. The number of anilines is 1. The summed E-state index contributed by atoms with van der Waals surface area (Å²) >= 11 is 0. The number of alkyl halides is 3. The molecule has 2 amide bonds. The van der Waals surface area contributed by atoms with Crippen molar-refractivity contribution in [2.45, 2.75) is 57.9 Å². The van der Waals surface area contributed by atoms with Crippen LogP contribution in [0.25, 0.3) is 0 Å². The highest BCUT2D eigenvalue weighted by atomic mass is 19.4. The van der Waals surface area contributed by atoms with Gasteiger partial charge in [-0.25, -0.2) is 0 Å². The van der Waals surface area contributed by atoms with Crippen molar-refractivity contribution < 1.29 is 32.6 Å². The number of rotatable bonds is 9. The molecule has 2 aliphatic rings. The molecule has 2 N–H and O–H groups in total. The van der Waals surface area contributed by atoms with Crippen LogP contribution in [0.4, 0.5) is 18.9 Å². The van der Waals surface area contributed by atoms with E-state index in [1.54, 1.807) is 17.9 Å². The molecule has 1 aliphatic carbocycles. The van der Waals surface area contributed by atoms with Gasteiger partial charge in [0.2, 0.25) is 5.91 Å². The number of amides is 2. The Morgan fingerprint density at radius 2 is 2.03 bits per heavy atom. The van der Waals surface area contributed by atoms with Crippen molar-refractivity contribution in [3.8, 4) is 5.75 Å². The number of halogens is 3. The predicted molar refractivity (Wildman–Crippen MR) is 122 cm³/mol. The quantitative estimate of drug-likeness (QED) is 0.559. The lowest BCUT2D eigenvalue weighted by atomic mass is 9.99. The molecule has 0 unspecified atom stereocenters. The molecule has 3 atom stereocenters. The molecule has 0 saturated heterocycles. The van der Waals surface area contributed by atoms with E-state index in [0.717, 1.165) is 12.5 Å². The Bertz CT molecular complexity index is 876. The number of fused-ring (bicyclic) bond motifs is 1. The second kappa shape index (κ2) is 10.9. The van der Waals surface area contributed by atoms with E-state index in [1.165, 1.54) is 25.0 Å². The minimum Gasteiger partial charge on any atom is -0.488 e. The molecule has 1 aromatic carbocycles. The number of likely N-dealkylation sites (N-methyl/N-ethyl adjacent to an activating group) is 1. The van der Waals surface area contributed by atoms with Gasteiger partial charge in [0.1, 0.15) is 11.9 Å². The normalized spacial score (nSPS) is 22.0. The number of benzene rings is 1. The van der Waals surface area contributed by atoms with Crippen molar-refractivity contribution in [2.24, 2.45) is 11.8 Å². The third-order valence-electron chi connectivity index (χ3n) is 6.34. The number of nitrogens with one attached hydrogen (secondary N) is 1. The average molecular weight is 486 g/mol. The Morgan fingerprint density at radius 1 is 1.32 bits per heavy atom. The SMILES string of the molecule is C[C@H]1CN([C@@H](C)CO)C(=O)c2cc(NC(=O)CCC(F)(F)F)ccc2O[C@@H]1CN(C)CC1CC1. The number of ether oxygens (including phenoxy) is 1. The van der Waals surface area contributed by atoms with Crippen molar-refractivity contribution in [1.82, 2.24) is 9.80 Å². The van der Waals surface area contributed by atoms with Gasteiger partial charge >= 0.3 is 6.18 Å². The van der Waals surface area contributed by atoms with E-state index in [4.69, 9.17) is 4.74 Å². The first-order chi connectivity index (χ1) is 16.0. The monoisotopic (exact) mass is 485 g/mol.